The van der Waals surface area contributed by atoms with E-state index in [0.717, 1.165) is 11.6 Å². The number of carbonyl (C=O) groups is 1. The average molecular weight is 447 g/mol. The Hall–Kier alpha value is -3.40. The lowest BCUT2D eigenvalue weighted by atomic mass is 9.87. The van der Waals surface area contributed by atoms with Crippen LogP contribution in [0.15, 0.2) is 48.7 Å². The predicted octanol–water partition coefficient (Wildman–Crippen LogP) is 4.40. The molecule has 2 heterocycles. The molecule has 0 atom stereocenters. The minimum absolute atomic E-state index is 0.173. The number of aliphatic hydroxyl groups excluding tert-OH is 1. The van der Waals surface area contributed by atoms with Crippen LogP contribution in [-0.2, 0) is 24.7 Å². The maximum Gasteiger partial charge on any atom is 0.435 e. The maximum absolute atomic E-state index is 13.3. The van der Waals surface area contributed by atoms with Crippen molar-refractivity contribution < 1.29 is 23.1 Å². The summed E-state index contributed by atoms with van der Waals surface area (Å²) in [5, 5.41) is 17.8. The van der Waals surface area contributed by atoms with Crippen LogP contribution in [0.1, 0.15) is 43.4 Å². The fraction of sp³-hybridized carbons (Fsp3) is 0.318. The minimum Gasteiger partial charge on any atom is -0.390 e. The highest BCUT2D eigenvalue weighted by Gasteiger charge is 2.35. The van der Waals surface area contributed by atoms with Crippen molar-refractivity contribution in [3.8, 4) is 5.69 Å². The maximum atomic E-state index is 13.3. The smallest absolute Gasteiger partial charge is 0.390 e. The number of halogens is 3. The SMILES string of the molecule is CC(C)(C)c1cccc(-n2nc(C(F)(F)F)cc2CNC(=O)Nc2ccc(CO)nc2)c1. The van der Waals surface area contributed by atoms with Crippen LogP contribution in [0.2, 0.25) is 0 Å². The van der Waals surface area contributed by atoms with E-state index in [1.807, 2.05) is 26.8 Å². The lowest BCUT2D eigenvalue weighted by molar-refractivity contribution is -0.141. The first-order valence-electron chi connectivity index (χ1n) is 9.85. The van der Waals surface area contributed by atoms with Gasteiger partial charge in [-0.3, -0.25) is 4.98 Å². The van der Waals surface area contributed by atoms with Crippen LogP contribution in [0.3, 0.4) is 0 Å². The number of rotatable bonds is 5. The van der Waals surface area contributed by atoms with Crippen molar-refractivity contribution in [1.29, 1.82) is 0 Å². The number of pyridine rings is 1. The number of amides is 2. The predicted molar refractivity (Wildman–Crippen MR) is 113 cm³/mol. The van der Waals surface area contributed by atoms with E-state index in [0.29, 0.717) is 17.1 Å². The summed E-state index contributed by atoms with van der Waals surface area (Å²) >= 11 is 0. The van der Waals surface area contributed by atoms with Gasteiger partial charge in [-0.2, -0.15) is 18.3 Å². The van der Waals surface area contributed by atoms with Crippen LogP contribution in [0.5, 0.6) is 0 Å². The second kappa shape index (κ2) is 8.99. The first kappa shape index (κ1) is 23.3. The zero-order chi connectivity index (χ0) is 23.5. The molecule has 0 spiro atoms. The molecule has 0 aliphatic carbocycles. The first-order chi connectivity index (χ1) is 15.0. The molecule has 170 valence electrons. The molecule has 0 saturated carbocycles. The number of hydrogen-bond donors (Lipinski definition) is 3. The molecule has 3 aromatic rings. The number of aromatic nitrogens is 3. The van der Waals surface area contributed by atoms with Gasteiger partial charge in [-0.25, -0.2) is 9.48 Å². The molecule has 10 heteroatoms. The zero-order valence-electron chi connectivity index (χ0n) is 17.9. The lowest BCUT2D eigenvalue weighted by Gasteiger charge is -2.20. The molecule has 0 aliphatic heterocycles. The summed E-state index contributed by atoms with van der Waals surface area (Å²) in [6, 6.07) is 10.5. The van der Waals surface area contributed by atoms with Crippen LogP contribution in [-0.4, -0.2) is 25.9 Å². The molecule has 3 rings (SSSR count). The van der Waals surface area contributed by atoms with Gasteiger partial charge in [0.1, 0.15) is 0 Å². The minimum atomic E-state index is -4.62. The van der Waals surface area contributed by atoms with Gasteiger partial charge in [0.05, 0.1) is 42.1 Å². The summed E-state index contributed by atoms with van der Waals surface area (Å²) in [6.45, 7) is 5.60. The van der Waals surface area contributed by atoms with E-state index in [4.69, 9.17) is 5.11 Å². The van der Waals surface area contributed by atoms with E-state index in [9.17, 15) is 18.0 Å². The van der Waals surface area contributed by atoms with Crippen LogP contribution < -0.4 is 10.6 Å². The Morgan fingerprint density at radius 2 is 1.88 bits per heavy atom. The van der Waals surface area contributed by atoms with Crippen LogP contribution in [0, 0.1) is 0 Å². The third-order valence-corrected chi connectivity index (χ3v) is 4.70. The second-order valence-corrected chi connectivity index (χ2v) is 8.23. The monoisotopic (exact) mass is 447 g/mol. The van der Waals surface area contributed by atoms with E-state index in [1.54, 1.807) is 30.3 Å². The highest BCUT2D eigenvalue weighted by Crippen LogP contribution is 2.30. The van der Waals surface area contributed by atoms with E-state index in [-0.39, 0.29) is 24.3 Å². The molecular weight excluding hydrogens is 423 g/mol. The largest absolute Gasteiger partial charge is 0.435 e. The van der Waals surface area contributed by atoms with Gasteiger partial charge in [-0.15, -0.1) is 0 Å². The molecule has 0 radical (unpaired) electrons. The fourth-order valence-corrected chi connectivity index (χ4v) is 2.95. The Bertz CT molecular complexity index is 1090. The Labute approximate surface area is 183 Å². The fourth-order valence-electron chi connectivity index (χ4n) is 2.95. The third kappa shape index (κ3) is 5.64. The van der Waals surface area contributed by atoms with Gasteiger partial charge in [-0.05, 0) is 41.3 Å². The molecular formula is C22H24F3N5O2. The molecule has 1 aromatic carbocycles. The lowest BCUT2D eigenvalue weighted by Crippen LogP contribution is -2.29. The molecule has 3 N–H and O–H groups in total. The first-order valence-corrected chi connectivity index (χ1v) is 9.85. The number of nitrogens with zero attached hydrogens (tertiary/aromatic N) is 3. The molecule has 0 bridgehead atoms. The van der Waals surface area contributed by atoms with E-state index in [2.05, 4.69) is 20.7 Å². The number of benzene rings is 1. The number of anilines is 1. The van der Waals surface area contributed by atoms with Crippen LogP contribution in [0.4, 0.5) is 23.7 Å². The molecule has 0 fully saturated rings. The number of urea groups is 1. The Balaban J connectivity index is 1.82. The highest BCUT2D eigenvalue weighted by atomic mass is 19.4. The summed E-state index contributed by atoms with van der Waals surface area (Å²) in [7, 11) is 0. The van der Waals surface area contributed by atoms with Gasteiger partial charge in [0.2, 0.25) is 0 Å². The number of aliphatic hydroxyl groups is 1. The topological polar surface area (TPSA) is 92.1 Å². The van der Waals surface area contributed by atoms with Gasteiger partial charge >= 0.3 is 12.2 Å². The Morgan fingerprint density at radius 1 is 1.12 bits per heavy atom. The van der Waals surface area contributed by atoms with Crippen molar-refractivity contribution in [3.63, 3.8) is 0 Å². The van der Waals surface area contributed by atoms with Crippen LogP contribution >= 0.6 is 0 Å². The van der Waals surface area contributed by atoms with E-state index < -0.39 is 17.9 Å². The van der Waals surface area contributed by atoms with Crippen molar-refractivity contribution in [2.45, 2.75) is 45.5 Å². The number of hydrogen-bond acceptors (Lipinski definition) is 4. The third-order valence-electron chi connectivity index (χ3n) is 4.70. The standard InChI is InChI=1S/C22H24F3N5O2/c1-21(2,3)14-5-4-6-17(9-14)30-18(10-19(29-30)22(23,24)25)12-27-20(32)28-15-7-8-16(13-31)26-11-15/h4-11,31H,12-13H2,1-3H3,(H2,27,28,32). The molecule has 2 amide bonds. The number of alkyl halides is 3. The molecule has 32 heavy (non-hydrogen) atoms. The Morgan fingerprint density at radius 3 is 2.47 bits per heavy atom. The molecule has 7 nitrogen and oxygen atoms in total. The normalized spacial score (nSPS) is 12.0. The highest BCUT2D eigenvalue weighted by molar-refractivity contribution is 5.88. The van der Waals surface area contributed by atoms with Gasteiger partial charge in [0.15, 0.2) is 5.69 Å². The zero-order valence-corrected chi connectivity index (χ0v) is 17.9. The van der Waals surface area contributed by atoms with Gasteiger partial charge < -0.3 is 15.7 Å². The van der Waals surface area contributed by atoms with Gasteiger partial charge in [0.25, 0.3) is 0 Å². The number of nitrogens with one attached hydrogen (secondary N) is 2. The quantitative estimate of drug-likeness (QED) is 0.541. The summed E-state index contributed by atoms with van der Waals surface area (Å²) in [5.41, 5.74) is 1.16. The van der Waals surface area contributed by atoms with Crippen molar-refractivity contribution in [2.24, 2.45) is 0 Å². The van der Waals surface area contributed by atoms with Crippen molar-refractivity contribution in [2.75, 3.05) is 5.32 Å². The molecule has 2 aromatic heterocycles. The van der Waals surface area contributed by atoms with Crippen molar-refractivity contribution in [1.82, 2.24) is 20.1 Å². The number of carbonyl (C=O) groups excluding carboxylic acids is 1. The summed E-state index contributed by atoms with van der Waals surface area (Å²) < 4.78 is 41.1. The summed E-state index contributed by atoms with van der Waals surface area (Å²) in [5.74, 6) is 0. The summed E-state index contributed by atoms with van der Waals surface area (Å²) in [4.78, 5) is 16.2. The van der Waals surface area contributed by atoms with E-state index >= 15 is 0 Å². The second-order valence-electron chi connectivity index (χ2n) is 8.23. The molecule has 0 unspecified atom stereocenters. The summed E-state index contributed by atoms with van der Waals surface area (Å²) in [6.07, 6.45) is -3.25. The van der Waals surface area contributed by atoms with Crippen molar-refractivity contribution >= 4 is 11.7 Å². The van der Waals surface area contributed by atoms with Crippen LogP contribution in [0.25, 0.3) is 5.69 Å². The molecule has 0 aliphatic rings. The average Bonchev–Trinajstić information content (AvgIpc) is 3.17. The van der Waals surface area contributed by atoms with Gasteiger partial charge in [0, 0.05) is 0 Å². The van der Waals surface area contributed by atoms with Crippen molar-refractivity contribution in [3.05, 3.63) is 71.3 Å². The Kier molecular flexibility index (Phi) is 6.54. The molecule has 0 saturated heterocycles. The van der Waals surface area contributed by atoms with Gasteiger partial charge in [-0.1, -0.05) is 32.9 Å². The van der Waals surface area contributed by atoms with E-state index in [1.165, 1.54) is 10.9 Å².